The Bertz CT molecular complexity index is 848. The first-order valence-electron chi connectivity index (χ1n) is 10.4. The van der Waals surface area contributed by atoms with Crippen LogP contribution in [0.15, 0.2) is 36.5 Å². The van der Waals surface area contributed by atoms with E-state index in [2.05, 4.69) is 10.3 Å². The summed E-state index contributed by atoms with van der Waals surface area (Å²) in [5.74, 6) is 1.70. The van der Waals surface area contributed by atoms with Crippen LogP contribution in [0.2, 0.25) is 0 Å². The number of nitrogens with one attached hydrogen (secondary N) is 1. The van der Waals surface area contributed by atoms with Gasteiger partial charge in [0.15, 0.2) is 0 Å². The molecule has 1 aromatic heterocycles. The van der Waals surface area contributed by atoms with Gasteiger partial charge in [-0.05, 0) is 55.4 Å². The highest BCUT2D eigenvalue weighted by atomic mass is 16.5. The molecule has 4 rings (SSSR count). The molecule has 2 fully saturated rings. The van der Waals surface area contributed by atoms with Crippen molar-refractivity contribution in [2.24, 2.45) is 5.92 Å². The highest BCUT2D eigenvalue weighted by molar-refractivity contribution is 5.95. The van der Waals surface area contributed by atoms with Crippen LogP contribution in [0.25, 0.3) is 11.1 Å². The number of hydrogen-bond acceptors (Lipinski definition) is 5. The van der Waals surface area contributed by atoms with Crippen molar-refractivity contribution in [3.63, 3.8) is 0 Å². The van der Waals surface area contributed by atoms with E-state index in [0.29, 0.717) is 24.0 Å². The lowest BCUT2D eigenvalue weighted by Gasteiger charge is -2.28. The number of benzene rings is 1. The number of carbonyl (C=O) groups is 1. The average molecular weight is 396 g/mol. The number of carbonyl (C=O) groups excluding carboxylic acids is 1. The first-order chi connectivity index (χ1) is 14.1. The van der Waals surface area contributed by atoms with Crippen LogP contribution < -0.4 is 14.8 Å². The Morgan fingerprint density at radius 1 is 1.17 bits per heavy atom. The van der Waals surface area contributed by atoms with Crippen molar-refractivity contribution >= 4 is 5.91 Å². The molecule has 0 radical (unpaired) electrons. The minimum Gasteiger partial charge on any atom is -0.497 e. The van der Waals surface area contributed by atoms with E-state index in [9.17, 15) is 9.90 Å². The van der Waals surface area contributed by atoms with E-state index in [-0.39, 0.29) is 11.9 Å². The van der Waals surface area contributed by atoms with Gasteiger partial charge >= 0.3 is 0 Å². The van der Waals surface area contributed by atoms with Crippen molar-refractivity contribution in [3.05, 3.63) is 42.1 Å². The lowest BCUT2D eigenvalue weighted by molar-refractivity contribution is 0.0717. The predicted octanol–water partition coefficient (Wildman–Crippen LogP) is 3.58. The topological polar surface area (TPSA) is 80.7 Å². The standard InChI is InChI=1S/C23H28N2O4/c1-28-18-10-8-16(9-11-18)19-12-17(13-24-23(19)29-14-15-6-7-15)22(27)25-20-4-2-3-5-21(20)26/h8-13,15,20-21,26H,2-7,14H2,1H3,(H,25,27)/t20-,21-/m1/s1. The van der Waals surface area contributed by atoms with Gasteiger partial charge in [0.2, 0.25) is 5.88 Å². The number of aliphatic hydroxyl groups excluding tert-OH is 1. The third kappa shape index (κ3) is 4.88. The van der Waals surface area contributed by atoms with E-state index in [1.807, 2.05) is 30.3 Å². The van der Waals surface area contributed by atoms with Gasteiger partial charge in [0.1, 0.15) is 5.75 Å². The van der Waals surface area contributed by atoms with Crippen LogP contribution in [0.4, 0.5) is 0 Å². The van der Waals surface area contributed by atoms with Crippen LogP contribution in [-0.2, 0) is 0 Å². The maximum absolute atomic E-state index is 12.8. The number of ether oxygens (including phenoxy) is 2. The maximum Gasteiger partial charge on any atom is 0.253 e. The van der Waals surface area contributed by atoms with Gasteiger partial charge in [-0.1, -0.05) is 25.0 Å². The van der Waals surface area contributed by atoms with Gasteiger partial charge in [-0.25, -0.2) is 4.98 Å². The molecule has 1 aromatic carbocycles. The largest absolute Gasteiger partial charge is 0.497 e. The van der Waals surface area contributed by atoms with E-state index >= 15 is 0 Å². The second-order valence-electron chi connectivity index (χ2n) is 7.99. The number of pyridine rings is 1. The lowest BCUT2D eigenvalue weighted by Crippen LogP contribution is -2.45. The van der Waals surface area contributed by atoms with Crippen molar-refractivity contribution in [3.8, 4) is 22.8 Å². The molecule has 0 spiro atoms. The molecule has 2 aliphatic carbocycles. The second kappa shape index (κ2) is 8.82. The summed E-state index contributed by atoms with van der Waals surface area (Å²) in [6.07, 6.45) is 7.02. The average Bonchev–Trinajstić information content (AvgIpc) is 3.58. The molecule has 2 aliphatic rings. The number of nitrogens with zero attached hydrogens (tertiary/aromatic N) is 1. The van der Waals surface area contributed by atoms with E-state index in [0.717, 1.165) is 42.6 Å². The summed E-state index contributed by atoms with van der Waals surface area (Å²) in [5.41, 5.74) is 2.16. The molecule has 2 aromatic rings. The first kappa shape index (κ1) is 19.7. The zero-order valence-corrected chi connectivity index (χ0v) is 16.8. The van der Waals surface area contributed by atoms with Crippen molar-refractivity contribution in [2.75, 3.05) is 13.7 Å². The maximum atomic E-state index is 12.8. The molecule has 0 unspecified atom stereocenters. The summed E-state index contributed by atoms with van der Waals surface area (Å²) in [5, 5.41) is 13.1. The summed E-state index contributed by atoms with van der Waals surface area (Å²) in [6.45, 7) is 0.649. The zero-order valence-electron chi connectivity index (χ0n) is 16.8. The second-order valence-corrected chi connectivity index (χ2v) is 7.99. The van der Waals surface area contributed by atoms with E-state index in [1.165, 1.54) is 12.8 Å². The number of methoxy groups -OCH3 is 1. The third-order valence-corrected chi connectivity index (χ3v) is 5.71. The van der Waals surface area contributed by atoms with Gasteiger partial charge in [0, 0.05) is 11.8 Å². The Kier molecular flexibility index (Phi) is 6.00. The highest BCUT2D eigenvalue weighted by Gasteiger charge is 2.26. The van der Waals surface area contributed by atoms with Crippen molar-refractivity contribution < 1.29 is 19.4 Å². The summed E-state index contributed by atoms with van der Waals surface area (Å²) in [4.78, 5) is 17.3. The van der Waals surface area contributed by atoms with E-state index in [4.69, 9.17) is 9.47 Å². The molecule has 0 aliphatic heterocycles. The van der Waals surface area contributed by atoms with Gasteiger partial charge in [-0.15, -0.1) is 0 Å². The quantitative estimate of drug-likeness (QED) is 0.748. The smallest absolute Gasteiger partial charge is 0.253 e. The molecule has 6 heteroatoms. The Hall–Kier alpha value is -2.60. The number of hydrogen-bond donors (Lipinski definition) is 2. The van der Waals surface area contributed by atoms with E-state index in [1.54, 1.807) is 13.3 Å². The van der Waals surface area contributed by atoms with Crippen LogP contribution in [0, 0.1) is 5.92 Å². The highest BCUT2D eigenvalue weighted by Crippen LogP contribution is 2.34. The van der Waals surface area contributed by atoms with Gasteiger partial charge in [-0.2, -0.15) is 0 Å². The SMILES string of the molecule is COc1ccc(-c2cc(C(=O)N[C@@H]3CCCC[C@H]3O)cnc2OCC2CC2)cc1. The molecule has 6 nitrogen and oxygen atoms in total. The molecule has 1 heterocycles. The molecular formula is C23H28N2O4. The molecule has 2 N–H and O–H groups in total. The van der Waals surface area contributed by atoms with Gasteiger partial charge in [0.05, 0.1) is 31.4 Å². The molecule has 0 saturated heterocycles. The fourth-order valence-electron chi connectivity index (χ4n) is 3.68. The van der Waals surface area contributed by atoms with Crippen molar-refractivity contribution in [2.45, 2.75) is 50.7 Å². The first-order valence-corrected chi connectivity index (χ1v) is 10.4. The predicted molar refractivity (Wildman–Crippen MR) is 110 cm³/mol. The number of amides is 1. The molecule has 29 heavy (non-hydrogen) atoms. The van der Waals surface area contributed by atoms with Crippen LogP contribution in [-0.4, -0.2) is 41.9 Å². The van der Waals surface area contributed by atoms with Crippen LogP contribution in [0.1, 0.15) is 48.9 Å². The normalized spacial score (nSPS) is 21.4. The molecule has 2 atom stereocenters. The Labute approximate surface area is 171 Å². The lowest BCUT2D eigenvalue weighted by atomic mass is 9.92. The zero-order chi connectivity index (χ0) is 20.2. The van der Waals surface area contributed by atoms with Crippen LogP contribution in [0.3, 0.4) is 0 Å². The summed E-state index contributed by atoms with van der Waals surface area (Å²) in [6, 6.07) is 9.25. The van der Waals surface area contributed by atoms with E-state index < -0.39 is 6.10 Å². The van der Waals surface area contributed by atoms with Crippen LogP contribution >= 0.6 is 0 Å². The number of rotatable bonds is 7. The summed E-state index contributed by atoms with van der Waals surface area (Å²) < 4.78 is 11.2. The minimum absolute atomic E-state index is 0.202. The monoisotopic (exact) mass is 396 g/mol. The number of aliphatic hydroxyl groups is 1. The molecule has 0 bridgehead atoms. The number of aromatic nitrogens is 1. The van der Waals surface area contributed by atoms with Gasteiger partial charge in [-0.3, -0.25) is 4.79 Å². The Morgan fingerprint density at radius 3 is 2.62 bits per heavy atom. The van der Waals surface area contributed by atoms with Gasteiger partial charge in [0.25, 0.3) is 5.91 Å². The van der Waals surface area contributed by atoms with Crippen LogP contribution in [0.5, 0.6) is 11.6 Å². The Morgan fingerprint density at radius 2 is 1.93 bits per heavy atom. The third-order valence-electron chi connectivity index (χ3n) is 5.71. The summed E-state index contributed by atoms with van der Waals surface area (Å²) >= 11 is 0. The van der Waals surface area contributed by atoms with Gasteiger partial charge < -0.3 is 19.9 Å². The fourth-order valence-corrected chi connectivity index (χ4v) is 3.68. The van der Waals surface area contributed by atoms with Crippen molar-refractivity contribution in [1.82, 2.24) is 10.3 Å². The summed E-state index contributed by atoms with van der Waals surface area (Å²) in [7, 11) is 1.63. The molecule has 1 amide bonds. The van der Waals surface area contributed by atoms with Crippen molar-refractivity contribution in [1.29, 1.82) is 0 Å². The minimum atomic E-state index is -0.483. The molecule has 154 valence electrons. The molecule has 2 saturated carbocycles. The fraction of sp³-hybridized carbons (Fsp3) is 0.478. The Balaban J connectivity index is 1.58. The molecular weight excluding hydrogens is 368 g/mol.